The van der Waals surface area contributed by atoms with Crippen molar-refractivity contribution in [2.24, 2.45) is 0 Å². The highest BCUT2D eigenvalue weighted by Gasteiger charge is 2.19. The zero-order valence-electron chi connectivity index (χ0n) is 8.28. The van der Waals surface area contributed by atoms with Crippen LogP contribution in [0.15, 0.2) is 18.2 Å². The highest BCUT2D eigenvalue weighted by atomic mass is 79.9. The average Bonchev–Trinajstić information content (AvgIpc) is 2.18. The molecule has 0 fully saturated rings. The fourth-order valence-corrected chi connectivity index (χ4v) is 1.37. The summed E-state index contributed by atoms with van der Waals surface area (Å²) in [5.74, 6) is -0.867. The smallest absolute Gasteiger partial charge is 0.387 e. The fourth-order valence-electron chi connectivity index (χ4n) is 1.12. The second-order valence-corrected chi connectivity index (χ2v) is 4.41. The van der Waals surface area contributed by atoms with Crippen molar-refractivity contribution in [3.8, 4) is 11.5 Å². The van der Waals surface area contributed by atoms with Crippen LogP contribution in [0.25, 0.3) is 0 Å². The third-order valence-corrected chi connectivity index (χ3v) is 2.22. The Hall–Kier alpha value is -1.17. The lowest BCUT2D eigenvalue weighted by atomic mass is 10.1. The number of phenolic OH excluding ortho intramolecular Hbond substituents is 1. The molecule has 0 aliphatic rings. The van der Waals surface area contributed by atoms with Gasteiger partial charge in [-0.15, -0.1) is 0 Å². The number of ketones is 1. The molecule has 0 aromatic heterocycles. The summed E-state index contributed by atoms with van der Waals surface area (Å²) in [6.45, 7) is -1.46. The van der Waals surface area contributed by atoms with E-state index in [4.69, 9.17) is 0 Å². The number of rotatable bonds is 4. The maximum Gasteiger partial charge on any atom is 0.387 e. The lowest BCUT2D eigenvalue weighted by molar-refractivity contribution is -0.0501. The summed E-state index contributed by atoms with van der Waals surface area (Å²) in [6, 6.07) is 3.40. The minimum atomic E-state index is -3.01. The minimum absolute atomic E-state index is 0.0790. The molecule has 0 saturated carbocycles. The van der Waals surface area contributed by atoms with Crippen molar-refractivity contribution in [1.29, 1.82) is 0 Å². The summed E-state index contributed by atoms with van der Waals surface area (Å²) in [5.41, 5.74) is -0.0790. The Morgan fingerprint density at radius 3 is 2.62 bits per heavy atom. The van der Waals surface area contributed by atoms with Crippen molar-refractivity contribution < 1.29 is 23.4 Å². The van der Waals surface area contributed by atoms with Crippen LogP contribution in [0.1, 0.15) is 17.3 Å². The van der Waals surface area contributed by atoms with E-state index >= 15 is 0 Å². The molecule has 3 nitrogen and oxygen atoms in total. The molecule has 0 amide bonds. The van der Waals surface area contributed by atoms with E-state index in [9.17, 15) is 18.7 Å². The number of carbonyl (C=O) groups is 1. The van der Waals surface area contributed by atoms with Crippen LogP contribution < -0.4 is 4.74 Å². The van der Waals surface area contributed by atoms with Gasteiger partial charge in [0, 0.05) is 0 Å². The average molecular weight is 295 g/mol. The second kappa shape index (κ2) is 5.25. The Morgan fingerprint density at radius 1 is 1.50 bits per heavy atom. The number of halogens is 3. The Bertz CT molecular complexity index is 394. The van der Waals surface area contributed by atoms with Crippen LogP contribution in [0.2, 0.25) is 0 Å². The predicted molar refractivity (Wildman–Crippen MR) is 57.5 cm³/mol. The first kappa shape index (κ1) is 12.9. The summed E-state index contributed by atoms with van der Waals surface area (Å²) in [6.07, 6.45) is 0. The Balaban J connectivity index is 3.12. The molecule has 88 valence electrons. The van der Waals surface area contributed by atoms with Crippen LogP contribution in [0.5, 0.6) is 11.5 Å². The van der Waals surface area contributed by atoms with Crippen LogP contribution in [-0.2, 0) is 0 Å². The topological polar surface area (TPSA) is 46.5 Å². The molecule has 0 radical (unpaired) electrons. The standard InChI is InChI=1S/C10H9BrF2O3/c1-5(11)9(15)7-4-6(14)2-3-8(7)16-10(12)13/h2-5,10,14H,1H3. The Morgan fingerprint density at radius 2 is 2.12 bits per heavy atom. The monoisotopic (exact) mass is 294 g/mol. The molecule has 1 unspecified atom stereocenters. The Labute approximate surface area is 99.2 Å². The van der Waals surface area contributed by atoms with Gasteiger partial charge in [0.1, 0.15) is 11.5 Å². The second-order valence-electron chi connectivity index (χ2n) is 3.04. The van der Waals surface area contributed by atoms with E-state index in [1.165, 1.54) is 6.07 Å². The van der Waals surface area contributed by atoms with Gasteiger partial charge in [0.2, 0.25) is 0 Å². The minimum Gasteiger partial charge on any atom is -0.508 e. The first-order chi connectivity index (χ1) is 7.41. The molecule has 0 aliphatic heterocycles. The molecule has 0 heterocycles. The van der Waals surface area contributed by atoms with E-state index in [0.717, 1.165) is 12.1 Å². The van der Waals surface area contributed by atoms with Gasteiger partial charge in [-0.2, -0.15) is 8.78 Å². The third kappa shape index (κ3) is 3.16. The summed E-state index contributed by atoms with van der Waals surface area (Å²) in [7, 11) is 0. The first-order valence-corrected chi connectivity index (χ1v) is 5.29. The highest BCUT2D eigenvalue weighted by Crippen LogP contribution is 2.27. The number of hydrogen-bond donors (Lipinski definition) is 1. The first-order valence-electron chi connectivity index (χ1n) is 4.38. The molecule has 1 aromatic rings. The van der Waals surface area contributed by atoms with Crippen molar-refractivity contribution in [1.82, 2.24) is 0 Å². The molecule has 1 atom stereocenters. The molecule has 1 N–H and O–H groups in total. The largest absolute Gasteiger partial charge is 0.508 e. The van der Waals surface area contributed by atoms with Crippen molar-refractivity contribution in [2.75, 3.05) is 0 Å². The molecule has 1 rings (SSSR count). The predicted octanol–water partition coefficient (Wildman–Crippen LogP) is 2.96. The Kier molecular flexibility index (Phi) is 4.23. The zero-order chi connectivity index (χ0) is 12.3. The number of Topliss-reactive ketones (excluding diaryl/α,β-unsaturated/α-hetero) is 1. The highest BCUT2D eigenvalue weighted by molar-refractivity contribution is 9.10. The number of benzene rings is 1. The maximum atomic E-state index is 12.1. The lowest BCUT2D eigenvalue weighted by Crippen LogP contribution is -2.13. The molecule has 16 heavy (non-hydrogen) atoms. The van der Waals surface area contributed by atoms with E-state index in [1.807, 2.05) is 0 Å². The van der Waals surface area contributed by atoms with Crippen molar-refractivity contribution >= 4 is 21.7 Å². The maximum absolute atomic E-state index is 12.1. The van der Waals surface area contributed by atoms with Gasteiger partial charge in [-0.25, -0.2) is 0 Å². The van der Waals surface area contributed by atoms with Crippen molar-refractivity contribution in [3.05, 3.63) is 23.8 Å². The van der Waals surface area contributed by atoms with Gasteiger partial charge in [0.25, 0.3) is 0 Å². The number of aromatic hydroxyl groups is 1. The lowest BCUT2D eigenvalue weighted by Gasteiger charge is -2.11. The van der Waals surface area contributed by atoms with Crippen LogP contribution in [0.4, 0.5) is 8.78 Å². The normalized spacial score (nSPS) is 12.6. The molecule has 0 spiro atoms. The fraction of sp³-hybridized carbons (Fsp3) is 0.300. The van der Waals surface area contributed by atoms with Gasteiger partial charge in [0.05, 0.1) is 10.4 Å². The molecular weight excluding hydrogens is 286 g/mol. The number of ether oxygens (including phenoxy) is 1. The van der Waals surface area contributed by atoms with Crippen molar-refractivity contribution in [3.63, 3.8) is 0 Å². The quantitative estimate of drug-likeness (QED) is 0.686. The number of phenols is 1. The van der Waals surface area contributed by atoms with E-state index in [-0.39, 0.29) is 17.1 Å². The summed E-state index contributed by atoms with van der Waals surface area (Å²) in [4.78, 5) is 11.1. The zero-order valence-corrected chi connectivity index (χ0v) is 9.87. The van der Waals surface area contributed by atoms with Crippen molar-refractivity contribution in [2.45, 2.75) is 18.4 Å². The number of carbonyl (C=O) groups excluding carboxylic acids is 1. The van der Waals surface area contributed by atoms with Gasteiger partial charge in [-0.1, -0.05) is 15.9 Å². The summed E-state index contributed by atoms with van der Waals surface area (Å²) < 4.78 is 28.3. The molecule has 0 saturated heterocycles. The van der Waals surface area contributed by atoms with Crippen LogP contribution in [0.3, 0.4) is 0 Å². The third-order valence-electron chi connectivity index (χ3n) is 1.81. The molecular formula is C10H9BrF2O3. The van der Waals surface area contributed by atoms with Crippen LogP contribution >= 0.6 is 15.9 Å². The van der Waals surface area contributed by atoms with Gasteiger partial charge >= 0.3 is 6.61 Å². The summed E-state index contributed by atoms with van der Waals surface area (Å²) >= 11 is 3.03. The molecule has 6 heteroatoms. The number of hydrogen-bond acceptors (Lipinski definition) is 3. The van der Waals surface area contributed by atoms with Gasteiger partial charge < -0.3 is 9.84 Å². The molecule has 1 aromatic carbocycles. The van der Waals surface area contributed by atoms with E-state index < -0.39 is 17.2 Å². The molecule has 0 aliphatic carbocycles. The van der Waals surface area contributed by atoms with E-state index in [0.29, 0.717) is 0 Å². The summed E-state index contributed by atoms with van der Waals surface area (Å²) in [5, 5.41) is 9.19. The van der Waals surface area contributed by atoms with Gasteiger partial charge in [-0.05, 0) is 25.1 Å². The van der Waals surface area contributed by atoms with Gasteiger partial charge in [-0.3, -0.25) is 4.79 Å². The van der Waals surface area contributed by atoms with E-state index in [1.54, 1.807) is 6.92 Å². The van der Waals surface area contributed by atoms with E-state index in [2.05, 4.69) is 20.7 Å². The van der Waals surface area contributed by atoms with Crippen LogP contribution in [0, 0.1) is 0 Å². The SMILES string of the molecule is CC(Br)C(=O)c1cc(O)ccc1OC(F)F. The number of alkyl halides is 3. The molecule has 0 bridgehead atoms. The van der Waals surface area contributed by atoms with Crippen LogP contribution in [-0.4, -0.2) is 22.3 Å². The van der Waals surface area contributed by atoms with Gasteiger partial charge in [0.15, 0.2) is 5.78 Å².